The van der Waals surface area contributed by atoms with Crippen LogP contribution in [0.15, 0.2) is 42.5 Å². The van der Waals surface area contributed by atoms with Crippen molar-refractivity contribution in [2.24, 2.45) is 0 Å². The smallest absolute Gasteiger partial charge is 0.319 e. The highest BCUT2D eigenvalue weighted by atomic mass is 35.5. The van der Waals surface area contributed by atoms with Crippen LogP contribution in [0, 0.1) is 0 Å². The number of halogens is 2. The van der Waals surface area contributed by atoms with Crippen molar-refractivity contribution in [3.8, 4) is 0 Å². The van der Waals surface area contributed by atoms with Gasteiger partial charge in [-0.25, -0.2) is 4.79 Å². The standard InChI is InChI=1S/C16H15Cl2N3O2/c1-19-15(22)12-7-6-11(8-14(12)18)21-16(23)20-9-10-4-2-3-5-13(10)17/h2-8H,9H2,1H3,(H,19,22)(H2,20,21,23). The molecule has 0 bridgehead atoms. The molecule has 2 aromatic carbocycles. The van der Waals surface area contributed by atoms with E-state index in [1.165, 1.54) is 13.1 Å². The fourth-order valence-electron chi connectivity index (χ4n) is 1.90. The Morgan fingerprint density at radius 1 is 1.04 bits per heavy atom. The summed E-state index contributed by atoms with van der Waals surface area (Å²) < 4.78 is 0. The fraction of sp³-hybridized carbons (Fsp3) is 0.125. The van der Waals surface area contributed by atoms with E-state index in [0.29, 0.717) is 22.8 Å². The third kappa shape index (κ3) is 4.61. The van der Waals surface area contributed by atoms with E-state index in [1.54, 1.807) is 18.2 Å². The molecule has 0 atom stereocenters. The minimum absolute atomic E-state index is 0.258. The van der Waals surface area contributed by atoms with Gasteiger partial charge in [-0.15, -0.1) is 0 Å². The van der Waals surface area contributed by atoms with Gasteiger partial charge in [0.05, 0.1) is 10.6 Å². The van der Waals surface area contributed by atoms with Crippen molar-refractivity contribution in [1.82, 2.24) is 10.6 Å². The van der Waals surface area contributed by atoms with E-state index in [1.807, 2.05) is 18.2 Å². The summed E-state index contributed by atoms with van der Waals surface area (Å²) >= 11 is 12.1. The lowest BCUT2D eigenvalue weighted by Crippen LogP contribution is -2.28. The summed E-state index contributed by atoms with van der Waals surface area (Å²) in [6, 6.07) is 11.5. The molecule has 2 rings (SSSR count). The minimum Gasteiger partial charge on any atom is -0.355 e. The maximum Gasteiger partial charge on any atom is 0.319 e. The average Bonchev–Trinajstić information content (AvgIpc) is 2.53. The number of carbonyl (C=O) groups is 2. The summed E-state index contributed by atoms with van der Waals surface area (Å²) in [5, 5.41) is 8.68. The van der Waals surface area contributed by atoms with E-state index in [4.69, 9.17) is 23.2 Å². The molecule has 0 heterocycles. The second kappa shape index (κ2) is 7.85. The number of amides is 3. The molecule has 0 spiro atoms. The monoisotopic (exact) mass is 351 g/mol. The van der Waals surface area contributed by atoms with E-state index >= 15 is 0 Å². The van der Waals surface area contributed by atoms with Crippen LogP contribution in [0.5, 0.6) is 0 Å². The summed E-state index contributed by atoms with van der Waals surface area (Å²) in [5.74, 6) is -0.287. The molecule has 0 aliphatic heterocycles. The van der Waals surface area contributed by atoms with Crippen molar-refractivity contribution in [2.75, 3.05) is 12.4 Å². The van der Waals surface area contributed by atoms with Crippen LogP contribution in [0.4, 0.5) is 10.5 Å². The van der Waals surface area contributed by atoms with Crippen molar-refractivity contribution in [2.45, 2.75) is 6.54 Å². The zero-order valence-corrected chi connectivity index (χ0v) is 13.8. The van der Waals surface area contributed by atoms with Gasteiger partial charge in [0, 0.05) is 24.3 Å². The molecule has 120 valence electrons. The normalized spacial score (nSPS) is 10.0. The molecule has 23 heavy (non-hydrogen) atoms. The minimum atomic E-state index is -0.395. The second-order valence-electron chi connectivity index (χ2n) is 4.67. The first kappa shape index (κ1) is 17.1. The SMILES string of the molecule is CNC(=O)c1ccc(NC(=O)NCc2ccccc2Cl)cc1Cl. The third-order valence-electron chi connectivity index (χ3n) is 3.10. The summed E-state index contributed by atoms with van der Waals surface area (Å²) in [7, 11) is 1.52. The largest absolute Gasteiger partial charge is 0.355 e. The van der Waals surface area contributed by atoms with Crippen LogP contribution in [0.25, 0.3) is 0 Å². The number of hydrogen-bond donors (Lipinski definition) is 3. The quantitative estimate of drug-likeness (QED) is 0.786. The summed E-state index contributed by atoms with van der Waals surface area (Å²) in [6.07, 6.45) is 0. The molecule has 0 aromatic heterocycles. The molecule has 0 saturated heterocycles. The summed E-state index contributed by atoms with van der Waals surface area (Å²) in [6.45, 7) is 0.301. The molecule has 0 saturated carbocycles. The van der Waals surface area contributed by atoms with Crippen LogP contribution < -0.4 is 16.0 Å². The number of anilines is 1. The van der Waals surface area contributed by atoms with Gasteiger partial charge in [0.2, 0.25) is 0 Å². The second-order valence-corrected chi connectivity index (χ2v) is 5.49. The topological polar surface area (TPSA) is 70.2 Å². The van der Waals surface area contributed by atoms with Gasteiger partial charge in [0.1, 0.15) is 0 Å². The highest BCUT2D eigenvalue weighted by Gasteiger charge is 2.10. The first-order valence-electron chi connectivity index (χ1n) is 6.81. The summed E-state index contributed by atoms with van der Waals surface area (Å²) in [4.78, 5) is 23.4. The molecule has 0 aliphatic carbocycles. The van der Waals surface area contributed by atoms with E-state index in [0.717, 1.165) is 5.56 Å². The zero-order chi connectivity index (χ0) is 16.8. The van der Waals surface area contributed by atoms with Gasteiger partial charge in [-0.1, -0.05) is 41.4 Å². The molecule has 2 aromatic rings. The van der Waals surface area contributed by atoms with Gasteiger partial charge >= 0.3 is 6.03 Å². The maximum atomic E-state index is 11.9. The van der Waals surface area contributed by atoms with Gasteiger partial charge < -0.3 is 16.0 Å². The van der Waals surface area contributed by atoms with Gasteiger partial charge in [-0.05, 0) is 29.8 Å². The first-order chi connectivity index (χ1) is 11.0. The van der Waals surface area contributed by atoms with Crippen LogP contribution in [0.1, 0.15) is 15.9 Å². The Labute approximate surface area is 144 Å². The Balaban J connectivity index is 1.97. The van der Waals surface area contributed by atoms with Gasteiger partial charge in [0.15, 0.2) is 0 Å². The van der Waals surface area contributed by atoms with Crippen LogP contribution in [-0.4, -0.2) is 19.0 Å². The fourth-order valence-corrected chi connectivity index (χ4v) is 2.37. The van der Waals surface area contributed by atoms with Crippen LogP contribution in [-0.2, 0) is 6.54 Å². The molecule has 0 radical (unpaired) electrons. The summed E-state index contributed by atoms with van der Waals surface area (Å²) in [5.41, 5.74) is 1.65. The molecule has 3 N–H and O–H groups in total. The molecular weight excluding hydrogens is 337 g/mol. The predicted octanol–water partition coefficient (Wildman–Crippen LogP) is 3.67. The van der Waals surface area contributed by atoms with Gasteiger partial charge in [0.25, 0.3) is 5.91 Å². The number of urea groups is 1. The Bertz CT molecular complexity index is 735. The average molecular weight is 352 g/mol. The molecule has 0 fully saturated rings. The first-order valence-corrected chi connectivity index (χ1v) is 7.56. The third-order valence-corrected chi connectivity index (χ3v) is 3.78. The zero-order valence-electron chi connectivity index (χ0n) is 12.3. The molecule has 0 unspecified atom stereocenters. The van der Waals surface area contributed by atoms with Crippen molar-refractivity contribution < 1.29 is 9.59 Å². The van der Waals surface area contributed by atoms with Crippen molar-refractivity contribution in [3.63, 3.8) is 0 Å². The number of carbonyl (C=O) groups excluding carboxylic acids is 2. The van der Waals surface area contributed by atoms with Crippen molar-refractivity contribution >= 4 is 40.8 Å². The van der Waals surface area contributed by atoms with Crippen molar-refractivity contribution in [3.05, 3.63) is 63.6 Å². The Morgan fingerprint density at radius 3 is 2.43 bits per heavy atom. The van der Waals surface area contributed by atoms with E-state index in [2.05, 4.69) is 16.0 Å². The maximum absolute atomic E-state index is 11.9. The number of benzene rings is 2. The van der Waals surface area contributed by atoms with E-state index in [-0.39, 0.29) is 10.9 Å². The molecule has 7 heteroatoms. The molecule has 5 nitrogen and oxygen atoms in total. The van der Waals surface area contributed by atoms with E-state index < -0.39 is 6.03 Å². The Hall–Kier alpha value is -2.24. The highest BCUT2D eigenvalue weighted by Crippen LogP contribution is 2.21. The predicted molar refractivity (Wildman–Crippen MR) is 92.2 cm³/mol. The van der Waals surface area contributed by atoms with Crippen LogP contribution >= 0.6 is 23.2 Å². The lowest BCUT2D eigenvalue weighted by Gasteiger charge is -2.10. The van der Waals surface area contributed by atoms with E-state index in [9.17, 15) is 9.59 Å². The highest BCUT2D eigenvalue weighted by molar-refractivity contribution is 6.34. The van der Waals surface area contributed by atoms with Crippen LogP contribution in [0.2, 0.25) is 10.0 Å². The molecular formula is C16H15Cl2N3O2. The lowest BCUT2D eigenvalue weighted by molar-refractivity contribution is 0.0963. The Morgan fingerprint density at radius 2 is 1.78 bits per heavy atom. The number of rotatable bonds is 4. The Kier molecular flexibility index (Phi) is 5.84. The molecule has 0 aliphatic rings. The van der Waals surface area contributed by atoms with Crippen LogP contribution in [0.3, 0.4) is 0 Å². The number of hydrogen-bond acceptors (Lipinski definition) is 2. The number of nitrogens with one attached hydrogen (secondary N) is 3. The molecule has 3 amide bonds. The van der Waals surface area contributed by atoms with Gasteiger partial charge in [-0.2, -0.15) is 0 Å². The van der Waals surface area contributed by atoms with Crippen molar-refractivity contribution in [1.29, 1.82) is 0 Å². The van der Waals surface area contributed by atoms with Gasteiger partial charge in [-0.3, -0.25) is 4.79 Å². The lowest BCUT2D eigenvalue weighted by atomic mass is 10.2.